The van der Waals surface area contributed by atoms with Crippen molar-refractivity contribution in [1.82, 2.24) is 9.88 Å². The van der Waals surface area contributed by atoms with Crippen LogP contribution in [0.5, 0.6) is 23.1 Å². The third-order valence-electron chi connectivity index (χ3n) is 5.11. The fourth-order valence-electron chi connectivity index (χ4n) is 3.25. The van der Waals surface area contributed by atoms with E-state index in [0.29, 0.717) is 22.8 Å². The van der Waals surface area contributed by atoms with Gasteiger partial charge in [0.2, 0.25) is 5.88 Å². The smallest absolute Gasteiger partial charge is 0.293 e. The molecule has 1 fully saturated rings. The summed E-state index contributed by atoms with van der Waals surface area (Å²) < 4.78 is 16.7. The van der Waals surface area contributed by atoms with Crippen molar-refractivity contribution in [3.05, 3.63) is 86.9 Å². The van der Waals surface area contributed by atoms with E-state index in [1.165, 1.54) is 19.2 Å². The number of aryl methyl sites for hydroxylation is 1. The first-order valence-electron chi connectivity index (χ1n) is 10.8. The van der Waals surface area contributed by atoms with E-state index in [0.717, 1.165) is 28.4 Å². The number of amides is 2. The van der Waals surface area contributed by atoms with Gasteiger partial charge in [0.15, 0.2) is 11.5 Å². The number of carbonyl (C=O) groups excluding carboxylic acids is 2. The number of imide groups is 1. The number of nitrogens with zero attached hydrogens (tertiary/aromatic N) is 3. The minimum absolute atomic E-state index is 0.133. The number of methoxy groups -OCH3 is 1. The number of aromatic nitrogens is 1. The predicted octanol–water partition coefficient (Wildman–Crippen LogP) is 5.21. The van der Waals surface area contributed by atoms with E-state index >= 15 is 0 Å². The van der Waals surface area contributed by atoms with Crippen LogP contribution in [0.1, 0.15) is 11.1 Å². The molecular formula is C25H21N3O7S. The second-order valence-electron chi connectivity index (χ2n) is 7.62. The number of nitro groups is 1. The zero-order valence-electron chi connectivity index (χ0n) is 19.4. The molecule has 0 N–H and O–H groups in total. The molecule has 1 saturated heterocycles. The molecule has 1 aliphatic rings. The molecule has 0 bridgehead atoms. The third-order valence-corrected chi connectivity index (χ3v) is 6.02. The summed E-state index contributed by atoms with van der Waals surface area (Å²) >= 11 is 0.855. The SMILES string of the molecule is COc1cc(/C=C2\SC(=O)N(CCOc3ccc(C)cc3)C2=O)ccc1Oc1ccc([N+](=O)[O-])cn1. The highest BCUT2D eigenvalue weighted by molar-refractivity contribution is 8.18. The van der Waals surface area contributed by atoms with Gasteiger partial charge in [-0.3, -0.25) is 24.6 Å². The summed E-state index contributed by atoms with van der Waals surface area (Å²) in [5, 5.41) is 10.4. The van der Waals surface area contributed by atoms with Crippen molar-refractivity contribution in [2.75, 3.05) is 20.3 Å². The van der Waals surface area contributed by atoms with Crippen molar-refractivity contribution in [3.8, 4) is 23.1 Å². The number of rotatable bonds is 9. The van der Waals surface area contributed by atoms with Gasteiger partial charge in [-0.05, 0) is 54.6 Å². The van der Waals surface area contributed by atoms with Gasteiger partial charge in [-0.2, -0.15) is 0 Å². The van der Waals surface area contributed by atoms with Crippen LogP contribution in [0.25, 0.3) is 6.08 Å². The summed E-state index contributed by atoms with van der Waals surface area (Å²) in [5.41, 5.74) is 1.58. The van der Waals surface area contributed by atoms with Crippen LogP contribution in [0.4, 0.5) is 10.5 Å². The molecular weight excluding hydrogens is 486 g/mol. The lowest BCUT2D eigenvalue weighted by molar-refractivity contribution is -0.385. The lowest BCUT2D eigenvalue weighted by Crippen LogP contribution is -2.32. The van der Waals surface area contributed by atoms with Crippen LogP contribution in [0.3, 0.4) is 0 Å². The molecule has 0 unspecified atom stereocenters. The molecule has 2 heterocycles. The Balaban J connectivity index is 1.42. The number of hydrogen-bond acceptors (Lipinski definition) is 9. The maximum atomic E-state index is 12.8. The lowest BCUT2D eigenvalue weighted by atomic mass is 10.2. The van der Waals surface area contributed by atoms with E-state index in [9.17, 15) is 19.7 Å². The Labute approximate surface area is 210 Å². The minimum atomic E-state index is -0.551. The highest BCUT2D eigenvalue weighted by Crippen LogP contribution is 2.36. The average Bonchev–Trinajstić information content (AvgIpc) is 3.13. The van der Waals surface area contributed by atoms with Crippen molar-refractivity contribution in [1.29, 1.82) is 0 Å². The largest absolute Gasteiger partial charge is 0.493 e. The van der Waals surface area contributed by atoms with Gasteiger partial charge < -0.3 is 14.2 Å². The van der Waals surface area contributed by atoms with Gasteiger partial charge in [0.05, 0.1) is 23.5 Å². The summed E-state index contributed by atoms with van der Waals surface area (Å²) in [6.45, 7) is 2.29. The fourth-order valence-corrected chi connectivity index (χ4v) is 4.11. The van der Waals surface area contributed by atoms with Crippen LogP contribution in [0, 0.1) is 17.0 Å². The van der Waals surface area contributed by atoms with Crippen molar-refractivity contribution in [2.45, 2.75) is 6.92 Å². The average molecular weight is 508 g/mol. The summed E-state index contributed by atoms with van der Waals surface area (Å²) in [6.07, 6.45) is 2.69. The predicted molar refractivity (Wildman–Crippen MR) is 133 cm³/mol. The van der Waals surface area contributed by atoms with Gasteiger partial charge in [0.1, 0.15) is 18.6 Å². The van der Waals surface area contributed by atoms with Gasteiger partial charge in [0.25, 0.3) is 16.8 Å². The minimum Gasteiger partial charge on any atom is -0.493 e. The first-order chi connectivity index (χ1) is 17.3. The Morgan fingerprint density at radius 1 is 1.08 bits per heavy atom. The summed E-state index contributed by atoms with van der Waals surface area (Å²) in [7, 11) is 1.46. The lowest BCUT2D eigenvalue weighted by Gasteiger charge is -2.13. The Morgan fingerprint density at radius 3 is 2.53 bits per heavy atom. The van der Waals surface area contributed by atoms with E-state index in [1.807, 2.05) is 31.2 Å². The van der Waals surface area contributed by atoms with Gasteiger partial charge >= 0.3 is 0 Å². The maximum absolute atomic E-state index is 12.8. The molecule has 4 rings (SSSR count). The van der Waals surface area contributed by atoms with E-state index < -0.39 is 10.8 Å². The van der Waals surface area contributed by atoms with Gasteiger partial charge in [0, 0.05) is 12.1 Å². The summed E-state index contributed by atoms with van der Waals surface area (Å²) in [4.78, 5) is 40.8. The van der Waals surface area contributed by atoms with Crippen LogP contribution >= 0.6 is 11.8 Å². The number of carbonyl (C=O) groups is 2. The highest BCUT2D eigenvalue weighted by Gasteiger charge is 2.34. The zero-order valence-corrected chi connectivity index (χ0v) is 20.2. The number of thioether (sulfide) groups is 1. The fraction of sp³-hybridized carbons (Fsp3) is 0.160. The van der Waals surface area contributed by atoms with Gasteiger partial charge in [-0.15, -0.1) is 0 Å². The summed E-state index contributed by atoms with van der Waals surface area (Å²) in [6, 6.07) is 15.1. The van der Waals surface area contributed by atoms with E-state index in [-0.39, 0.29) is 34.9 Å². The molecule has 0 spiro atoms. The normalized spacial score (nSPS) is 14.3. The second-order valence-corrected chi connectivity index (χ2v) is 8.61. The molecule has 1 aromatic heterocycles. The first kappa shape index (κ1) is 24.7. The Hall–Kier alpha value is -4.38. The van der Waals surface area contributed by atoms with Gasteiger partial charge in [-0.25, -0.2) is 4.98 Å². The standard InChI is InChI=1S/C25H21N3O7S/c1-16-3-7-19(8-4-16)34-12-11-27-24(29)22(36-25(27)30)14-17-5-9-20(21(13-17)33-2)35-23-10-6-18(15-26-23)28(31)32/h3-10,13-15H,11-12H2,1-2H3/b22-14-. The molecule has 184 valence electrons. The number of pyridine rings is 1. The molecule has 0 atom stereocenters. The molecule has 0 radical (unpaired) electrons. The topological polar surface area (TPSA) is 121 Å². The van der Waals surface area contributed by atoms with Crippen LogP contribution in [0.2, 0.25) is 0 Å². The number of ether oxygens (including phenoxy) is 3. The number of benzene rings is 2. The van der Waals surface area contributed by atoms with Crippen LogP contribution in [0.15, 0.2) is 65.7 Å². The molecule has 2 aromatic carbocycles. The summed E-state index contributed by atoms with van der Waals surface area (Å²) in [5.74, 6) is 1.11. The maximum Gasteiger partial charge on any atom is 0.293 e. The molecule has 1 aliphatic heterocycles. The van der Waals surface area contributed by atoms with Crippen molar-refractivity contribution in [2.24, 2.45) is 0 Å². The third kappa shape index (κ3) is 5.81. The Bertz CT molecular complexity index is 1320. The highest BCUT2D eigenvalue weighted by atomic mass is 32.2. The van der Waals surface area contributed by atoms with Crippen LogP contribution < -0.4 is 14.2 Å². The molecule has 2 amide bonds. The number of hydrogen-bond donors (Lipinski definition) is 0. The molecule has 11 heteroatoms. The molecule has 0 aliphatic carbocycles. The first-order valence-corrected chi connectivity index (χ1v) is 11.6. The van der Waals surface area contributed by atoms with E-state index in [2.05, 4.69) is 4.98 Å². The Kier molecular flexibility index (Phi) is 7.50. The Morgan fingerprint density at radius 2 is 1.86 bits per heavy atom. The van der Waals surface area contributed by atoms with E-state index in [4.69, 9.17) is 14.2 Å². The molecule has 36 heavy (non-hydrogen) atoms. The van der Waals surface area contributed by atoms with Crippen molar-refractivity contribution in [3.63, 3.8) is 0 Å². The monoisotopic (exact) mass is 507 g/mol. The molecule has 0 saturated carbocycles. The van der Waals surface area contributed by atoms with Gasteiger partial charge in [-0.1, -0.05) is 23.8 Å². The van der Waals surface area contributed by atoms with Crippen LogP contribution in [-0.2, 0) is 4.79 Å². The molecule has 3 aromatic rings. The second kappa shape index (κ2) is 10.9. The quantitative estimate of drug-likeness (QED) is 0.218. The van der Waals surface area contributed by atoms with E-state index in [1.54, 1.807) is 24.3 Å². The zero-order chi connectivity index (χ0) is 25.7. The van der Waals surface area contributed by atoms with Crippen LogP contribution in [-0.4, -0.2) is 46.2 Å². The molecule has 10 nitrogen and oxygen atoms in total. The van der Waals surface area contributed by atoms with Crippen molar-refractivity contribution >= 4 is 34.7 Å². The van der Waals surface area contributed by atoms with Crippen molar-refractivity contribution < 1.29 is 28.7 Å².